The van der Waals surface area contributed by atoms with Gasteiger partial charge in [-0.15, -0.1) is 0 Å². The number of nitrogens with one attached hydrogen (secondary N) is 1. The molecule has 3 aromatic rings. The summed E-state index contributed by atoms with van der Waals surface area (Å²) in [7, 11) is 0. The lowest BCUT2D eigenvalue weighted by atomic mass is 10.1. The van der Waals surface area contributed by atoms with E-state index in [2.05, 4.69) is 38.2 Å². The highest BCUT2D eigenvalue weighted by Gasteiger charge is 2.19. The minimum absolute atomic E-state index is 0.0543. The zero-order chi connectivity index (χ0) is 17.3. The molecular formula is C20H24N2O2. The van der Waals surface area contributed by atoms with E-state index >= 15 is 0 Å². The average Bonchev–Trinajstić information content (AvgIpc) is 3.04. The monoisotopic (exact) mass is 324 g/mol. The Kier molecular flexibility index (Phi) is 4.47. The first-order valence-electron chi connectivity index (χ1n) is 8.38. The van der Waals surface area contributed by atoms with E-state index in [4.69, 9.17) is 4.42 Å². The Morgan fingerprint density at radius 2 is 1.96 bits per heavy atom. The van der Waals surface area contributed by atoms with Crippen LogP contribution in [0.1, 0.15) is 41.2 Å². The quantitative estimate of drug-likeness (QED) is 0.761. The van der Waals surface area contributed by atoms with Gasteiger partial charge in [-0.1, -0.05) is 38.1 Å². The number of hydrogen-bond acceptors (Lipinski definition) is 2. The molecule has 2 heterocycles. The summed E-state index contributed by atoms with van der Waals surface area (Å²) in [6.45, 7) is 9.50. The zero-order valence-electron chi connectivity index (χ0n) is 14.7. The fourth-order valence-electron chi connectivity index (χ4n) is 2.87. The molecule has 1 N–H and O–H groups in total. The molecule has 0 aliphatic rings. The van der Waals surface area contributed by atoms with Gasteiger partial charge >= 0.3 is 0 Å². The van der Waals surface area contributed by atoms with Gasteiger partial charge in [0.2, 0.25) is 0 Å². The van der Waals surface area contributed by atoms with Crippen molar-refractivity contribution in [1.29, 1.82) is 0 Å². The Bertz CT molecular complexity index is 871. The molecule has 0 radical (unpaired) electrons. The topological polar surface area (TPSA) is 47.2 Å². The summed E-state index contributed by atoms with van der Waals surface area (Å²) >= 11 is 0. The summed E-state index contributed by atoms with van der Waals surface area (Å²) in [4.78, 5) is 12.6. The van der Waals surface area contributed by atoms with Gasteiger partial charge in [0.25, 0.3) is 5.91 Å². The fraction of sp³-hybridized carbons (Fsp3) is 0.350. The van der Waals surface area contributed by atoms with E-state index in [0.29, 0.717) is 24.7 Å². The minimum Gasteiger partial charge on any atom is -0.460 e. The van der Waals surface area contributed by atoms with Gasteiger partial charge in [0.1, 0.15) is 11.5 Å². The molecule has 24 heavy (non-hydrogen) atoms. The molecule has 0 aliphatic heterocycles. The van der Waals surface area contributed by atoms with Gasteiger partial charge in [0.05, 0.1) is 5.52 Å². The summed E-state index contributed by atoms with van der Waals surface area (Å²) in [5.41, 5.74) is 4.79. The van der Waals surface area contributed by atoms with Crippen LogP contribution in [0.4, 0.5) is 0 Å². The molecule has 4 nitrogen and oxygen atoms in total. The second kappa shape index (κ2) is 6.56. The minimum atomic E-state index is -0.0543. The molecule has 0 unspecified atom stereocenters. The van der Waals surface area contributed by atoms with Crippen LogP contribution in [-0.2, 0) is 6.54 Å². The third kappa shape index (κ3) is 3.23. The van der Waals surface area contributed by atoms with E-state index in [9.17, 15) is 4.79 Å². The molecule has 3 rings (SSSR count). The van der Waals surface area contributed by atoms with Gasteiger partial charge in [0.15, 0.2) is 5.58 Å². The van der Waals surface area contributed by atoms with Crippen molar-refractivity contribution < 1.29 is 9.21 Å². The number of hydrogen-bond donors (Lipinski definition) is 1. The second-order valence-electron chi connectivity index (χ2n) is 6.75. The predicted molar refractivity (Wildman–Crippen MR) is 96.4 cm³/mol. The lowest BCUT2D eigenvalue weighted by Gasteiger charge is -2.13. The lowest BCUT2D eigenvalue weighted by molar-refractivity contribution is 0.0940. The van der Waals surface area contributed by atoms with E-state index in [-0.39, 0.29) is 5.91 Å². The molecule has 1 amide bonds. The molecule has 0 aliphatic carbocycles. The molecule has 2 aromatic heterocycles. The highest BCUT2D eigenvalue weighted by Crippen LogP contribution is 2.25. The van der Waals surface area contributed by atoms with E-state index in [1.807, 2.05) is 35.8 Å². The van der Waals surface area contributed by atoms with E-state index in [0.717, 1.165) is 16.9 Å². The van der Waals surface area contributed by atoms with Crippen LogP contribution >= 0.6 is 0 Å². The maximum Gasteiger partial charge on any atom is 0.268 e. The van der Waals surface area contributed by atoms with Gasteiger partial charge in [-0.3, -0.25) is 4.79 Å². The number of amides is 1. The van der Waals surface area contributed by atoms with E-state index < -0.39 is 0 Å². The maximum absolute atomic E-state index is 12.6. The average molecular weight is 324 g/mol. The van der Waals surface area contributed by atoms with Crippen LogP contribution in [0, 0.1) is 19.8 Å². The second-order valence-corrected chi connectivity index (χ2v) is 6.75. The van der Waals surface area contributed by atoms with Crippen LogP contribution in [0.5, 0.6) is 0 Å². The van der Waals surface area contributed by atoms with Crippen LogP contribution in [0.2, 0.25) is 0 Å². The van der Waals surface area contributed by atoms with Gasteiger partial charge in [0, 0.05) is 25.2 Å². The van der Waals surface area contributed by atoms with Crippen molar-refractivity contribution >= 4 is 17.0 Å². The van der Waals surface area contributed by atoms with Crippen molar-refractivity contribution in [3.63, 3.8) is 0 Å². The maximum atomic E-state index is 12.6. The predicted octanol–water partition coefficient (Wildman–Crippen LogP) is 4.29. The molecule has 0 fully saturated rings. The third-order valence-electron chi connectivity index (χ3n) is 4.21. The standard InChI is InChI=1S/C20H24N2O2/c1-13(2)11-21-20(23)18-10-19-17(9-15(4)24-19)22(18)12-16-8-6-5-7-14(16)3/h5-10,13H,11-12H2,1-4H3,(H,21,23). The molecule has 0 spiro atoms. The van der Waals surface area contributed by atoms with E-state index in [1.165, 1.54) is 11.1 Å². The molecule has 0 saturated carbocycles. The van der Waals surface area contributed by atoms with Crippen LogP contribution in [0.15, 0.2) is 40.8 Å². The number of aromatic nitrogens is 1. The van der Waals surface area contributed by atoms with Crippen molar-refractivity contribution in [2.75, 3.05) is 6.54 Å². The highest BCUT2D eigenvalue weighted by atomic mass is 16.3. The van der Waals surface area contributed by atoms with Gasteiger partial charge in [-0.05, 0) is 30.9 Å². The Morgan fingerprint density at radius 1 is 1.21 bits per heavy atom. The molecule has 126 valence electrons. The summed E-state index contributed by atoms with van der Waals surface area (Å²) in [5.74, 6) is 1.22. The van der Waals surface area contributed by atoms with Crippen LogP contribution in [-0.4, -0.2) is 17.0 Å². The molecule has 0 atom stereocenters. The number of furan rings is 1. The largest absolute Gasteiger partial charge is 0.460 e. The SMILES string of the molecule is Cc1cc2c(cc(C(=O)NCC(C)C)n2Cc2ccccc2C)o1. The number of carbonyl (C=O) groups is 1. The first kappa shape index (κ1) is 16.4. The summed E-state index contributed by atoms with van der Waals surface area (Å²) in [6.07, 6.45) is 0. The number of benzene rings is 1. The molecule has 0 bridgehead atoms. The first-order chi connectivity index (χ1) is 11.5. The highest BCUT2D eigenvalue weighted by molar-refractivity contribution is 5.97. The van der Waals surface area contributed by atoms with Gasteiger partial charge in [-0.25, -0.2) is 0 Å². The Morgan fingerprint density at radius 3 is 2.67 bits per heavy atom. The van der Waals surface area contributed by atoms with Crippen LogP contribution in [0.3, 0.4) is 0 Å². The Hall–Kier alpha value is -2.49. The van der Waals surface area contributed by atoms with Crippen molar-refractivity contribution in [2.45, 2.75) is 34.2 Å². The molecular weight excluding hydrogens is 300 g/mol. The van der Waals surface area contributed by atoms with Crippen molar-refractivity contribution in [2.24, 2.45) is 5.92 Å². The Labute approximate surface area is 142 Å². The summed E-state index contributed by atoms with van der Waals surface area (Å²) in [5, 5.41) is 3.00. The molecule has 0 saturated heterocycles. The van der Waals surface area contributed by atoms with Crippen molar-refractivity contribution in [3.8, 4) is 0 Å². The number of rotatable bonds is 5. The normalized spacial score (nSPS) is 11.4. The van der Waals surface area contributed by atoms with Gasteiger partial charge in [-0.2, -0.15) is 0 Å². The number of fused-ring (bicyclic) bond motifs is 1. The fourth-order valence-corrected chi connectivity index (χ4v) is 2.87. The zero-order valence-corrected chi connectivity index (χ0v) is 14.7. The number of nitrogens with zero attached hydrogens (tertiary/aromatic N) is 1. The molecule has 4 heteroatoms. The van der Waals surface area contributed by atoms with E-state index in [1.54, 1.807) is 0 Å². The van der Waals surface area contributed by atoms with Crippen LogP contribution in [0.25, 0.3) is 11.1 Å². The number of aryl methyl sites for hydroxylation is 2. The summed E-state index contributed by atoms with van der Waals surface area (Å²) < 4.78 is 7.78. The number of carbonyl (C=O) groups excluding carboxylic acids is 1. The van der Waals surface area contributed by atoms with Crippen molar-refractivity contribution in [1.82, 2.24) is 9.88 Å². The summed E-state index contributed by atoms with van der Waals surface area (Å²) in [6, 6.07) is 12.1. The smallest absolute Gasteiger partial charge is 0.268 e. The van der Waals surface area contributed by atoms with Crippen molar-refractivity contribution in [3.05, 3.63) is 59.0 Å². The van der Waals surface area contributed by atoms with Gasteiger partial charge < -0.3 is 14.3 Å². The lowest BCUT2D eigenvalue weighted by Crippen LogP contribution is -2.29. The Balaban J connectivity index is 2.01. The first-order valence-corrected chi connectivity index (χ1v) is 8.38. The molecule has 1 aromatic carbocycles. The van der Waals surface area contributed by atoms with Crippen LogP contribution < -0.4 is 5.32 Å². The third-order valence-corrected chi connectivity index (χ3v) is 4.21.